The highest BCUT2D eigenvalue weighted by molar-refractivity contribution is 7.90. The molecule has 0 aliphatic carbocycles. The van der Waals surface area contributed by atoms with Gasteiger partial charge in [0.15, 0.2) is 0 Å². The van der Waals surface area contributed by atoms with Crippen LogP contribution in [0.4, 0.5) is 39.5 Å². The van der Waals surface area contributed by atoms with Crippen LogP contribution in [0.5, 0.6) is 0 Å². The molecule has 0 radical (unpaired) electrons. The Balaban J connectivity index is 1.96. The van der Waals surface area contributed by atoms with Crippen LogP contribution in [-0.4, -0.2) is 48.6 Å². The quantitative estimate of drug-likeness (QED) is 0.447. The highest BCUT2D eigenvalue weighted by atomic mass is 32.2. The second-order valence-corrected chi connectivity index (χ2v) is 9.35. The Labute approximate surface area is 182 Å². The summed E-state index contributed by atoms with van der Waals surface area (Å²) in [7, 11) is -6.62. The van der Waals surface area contributed by atoms with E-state index in [0.717, 1.165) is 11.5 Å². The number of nitrogens with zero attached hydrogens (tertiary/aromatic N) is 1. The number of halogens is 9. The summed E-state index contributed by atoms with van der Waals surface area (Å²) < 4.78 is 144. The molecule has 1 fully saturated rings. The molecule has 0 saturated carbocycles. The first-order valence-corrected chi connectivity index (χ1v) is 10.9. The SMILES string of the molecule is O=S(=O)(N1CCCC1/C=C/c1cccc2ccccc12)C(F)(F)C(F)(F)C(F)(F)C(F)(F)F. The molecular formula is C20H16F9NO2S. The molecule has 0 spiro atoms. The van der Waals surface area contributed by atoms with Crippen LogP contribution in [-0.2, 0) is 10.0 Å². The number of fused-ring (bicyclic) bond motifs is 1. The second kappa shape index (κ2) is 8.19. The Bertz CT molecular complexity index is 1150. The van der Waals surface area contributed by atoms with Crippen LogP contribution < -0.4 is 0 Å². The molecule has 1 aliphatic rings. The molecule has 1 saturated heterocycles. The zero-order valence-corrected chi connectivity index (χ0v) is 17.3. The Morgan fingerprint density at radius 2 is 1.45 bits per heavy atom. The molecule has 1 unspecified atom stereocenters. The number of hydrogen-bond donors (Lipinski definition) is 0. The maximum atomic E-state index is 14.2. The molecule has 1 heterocycles. The van der Waals surface area contributed by atoms with Crippen LogP contribution in [0.1, 0.15) is 18.4 Å². The van der Waals surface area contributed by atoms with E-state index in [1.807, 2.05) is 0 Å². The summed E-state index contributed by atoms with van der Waals surface area (Å²) >= 11 is 0. The first-order valence-electron chi connectivity index (χ1n) is 9.43. The van der Waals surface area contributed by atoms with Gasteiger partial charge in [-0.15, -0.1) is 0 Å². The molecule has 1 aliphatic heterocycles. The van der Waals surface area contributed by atoms with Gasteiger partial charge in [-0.1, -0.05) is 54.6 Å². The summed E-state index contributed by atoms with van der Waals surface area (Å²) in [5.41, 5.74) is 0.526. The van der Waals surface area contributed by atoms with Gasteiger partial charge in [-0.3, -0.25) is 0 Å². The first kappa shape index (κ1) is 25.3. The van der Waals surface area contributed by atoms with Gasteiger partial charge in [0.1, 0.15) is 0 Å². The third kappa shape index (κ3) is 3.98. The van der Waals surface area contributed by atoms with Crippen molar-refractivity contribution in [2.24, 2.45) is 0 Å². The minimum absolute atomic E-state index is 0.0961. The third-order valence-corrected chi connectivity index (χ3v) is 7.29. The van der Waals surface area contributed by atoms with Crippen molar-refractivity contribution in [1.82, 2.24) is 4.31 Å². The van der Waals surface area contributed by atoms with Crippen LogP contribution in [0.15, 0.2) is 48.5 Å². The fourth-order valence-corrected chi connectivity index (χ4v) is 5.19. The average Bonchev–Trinajstić information content (AvgIpc) is 3.20. The van der Waals surface area contributed by atoms with Crippen LogP contribution in [0, 0.1) is 0 Å². The summed E-state index contributed by atoms with van der Waals surface area (Å²) in [6, 6.07) is 10.5. The van der Waals surface area contributed by atoms with Gasteiger partial charge in [0.25, 0.3) is 10.0 Å². The summed E-state index contributed by atoms with van der Waals surface area (Å²) in [5, 5.41) is -5.24. The van der Waals surface area contributed by atoms with Gasteiger partial charge in [-0.2, -0.15) is 43.8 Å². The van der Waals surface area contributed by atoms with E-state index < -0.39 is 45.9 Å². The molecule has 33 heavy (non-hydrogen) atoms. The lowest BCUT2D eigenvalue weighted by molar-refractivity contribution is -0.382. The van der Waals surface area contributed by atoms with Crippen molar-refractivity contribution in [1.29, 1.82) is 0 Å². The number of hydrogen-bond acceptors (Lipinski definition) is 2. The van der Waals surface area contributed by atoms with E-state index in [2.05, 4.69) is 0 Å². The van der Waals surface area contributed by atoms with E-state index in [9.17, 15) is 47.9 Å². The molecule has 1 atom stereocenters. The number of benzene rings is 2. The van der Waals surface area contributed by atoms with E-state index in [0.29, 0.717) is 10.9 Å². The zero-order valence-electron chi connectivity index (χ0n) is 16.5. The first-order chi connectivity index (χ1) is 15.1. The van der Waals surface area contributed by atoms with Gasteiger partial charge in [0, 0.05) is 12.6 Å². The third-order valence-electron chi connectivity index (χ3n) is 5.32. The van der Waals surface area contributed by atoms with Crippen molar-refractivity contribution < 1.29 is 47.9 Å². The molecule has 13 heteroatoms. The van der Waals surface area contributed by atoms with E-state index in [1.165, 1.54) is 6.08 Å². The fraction of sp³-hybridized carbons (Fsp3) is 0.400. The summed E-state index contributed by atoms with van der Waals surface area (Å²) in [6.07, 6.45) is -4.86. The molecule has 0 aromatic heterocycles. The monoisotopic (exact) mass is 505 g/mol. The standard InChI is InChI=1S/C20H16F9NO2S/c21-17(22,19(25,26)27)18(23,24)20(28,29)33(31,32)30-12-4-8-15(30)11-10-14-7-3-6-13-5-1-2-9-16(13)14/h1-3,5-7,9-11,15H,4,8,12H2/b11-10+. The Kier molecular flexibility index (Phi) is 6.29. The second-order valence-electron chi connectivity index (χ2n) is 7.42. The van der Waals surface area contributed by atoms with Gasteiger partial charge < -0.3 is 0 Å². The van der Waals surface area contributed by atoms with Gasteiger partial charge in [-0.25, -0.2) is 8.42 Å². The zero-order chi connectivity index (χ0) is 24.9. The number of sulfonamides is 1. The normalized spacial score (nSPS) is 19.6. The van der Waals surface area contributed by atoms with E-state index in [-0.39, 0.29) is 17.1 Å². The maximum Gasteiger partial charge on any atom is 0.460 e. The Hall–Kier alpha value is -2.28. The number of rotatable bonds is 6. The predicted molar refractivity (Wildman–Crippen MR) is 103 cm³/mol. The van der Waals surface area contributed by atoms with Crippen molar-refractivity contribution >= 4 is 26.9 Å². The average molecular weight is 505 g/mol. The maximum absolute atomic E-state index is 14.2. The van der Waals surface area contributed by atoms with Crippen LogP contribution >= 0.6 is 0 Å². The molecular weight excluding hydrogens is 489 g/mol. The molecule has 2 aromatic rings. The Morgan fingerprint density at radius 3 is 2.09 bits per heavy atom. The van der Waals surface area contributed by atoms with E-state index in [4.69, 9.17) is 0 Å². The highest BCUT2D eigenvalue weighted by Crippen LogP contribution is 2.55. The Morgan fingerprint density at radius 1 is 0.848 bits per heavy atom. The summed E-state index contributed by atoms with van der Waals surface area (Å²) in [4.78, 5) is 0. The minimum Gasteiger partial charge on any atom is -0.206 e. The molecule has 182 valence electrons. The molecule has 0 bridgehead atoms. The van der Waals surface area contributed by atoms with Crippen molar-refractivity contribution in [2.45, 2.75) is 42.2 Å². The lowest BCUT2D eigenvalue weighted by atomic mass is 10.0. The van der Waals surface area contributed by atoms with Crippen LogP contribution in [0.3, 0.4) is 0 Å². The summed E-state index contributed by atoms with van der Waals surface area (Å²) in [5.74, 6) is -14.5. The topological polar surface area (TPSA) is 37.4 Å². The molecule has 0 N–H and O–H groups in total. The molecule has 2 aromatic carbocycles. The van der Waals surface area contributed by atoms with Crippen molar-refractivity contribution in [3.8, 4) is 0 Å². The van der Waals surface area contributed by atoms with Crippen molar-refractivity contribution in [3.05, 3.63) is 54.1 Å². The van der Waals surface area contributed by atoms with Crippen molar-refractivity contribution in [2.75, 3.05) is 6.54 Å². The van der Waals surface area contributed by atoms with Gasteiger partial charge in [-0.05, 0) is 29.2 Å². The van der Waals surface area contributed by atoms with E-state index >= 15 is 0 Å². The van der Waals surface area contributed by atoms with Gasteiger partial charge >= 0.3 is 23.3 Å². The lowest BCUT2D eigenvalue weighted by Gasteiger charge is -2.35. The smallest absolute Gasteiger partial charge is 0.206 e. The molecule has 3 rings (SSSR count). The van der Waals surface area contributed by atoms with Gasteiger partial charge in [0.05, 0.1) is 0 Å². The largest absolute Gasteiger partial charge is 0.460 e. The summed E-state index contributed by atoms with van der Waals surface area (Å²) in [6.45, 7) is -0.754. The van der Waals surface area contributed by atoms with E-state index in [1.54, 1.807) is 42.5 Å². The molecule has 3 nitrogen and oxygen atoms in total. The predicted octanol–water partition coefficient (Wildman–Crippen LogP) is 6.07. The van der Waals surface area contributed by atoms with Crippen LogP contribution in [0.2, 0.25) is 0 Å². The fourth-order valence-electron chi connectivity index (χ4n) is 3.54. The van der Waals surface area contributed by atoms with Crippen molar-refractivity contribution in [3.63, 3.8) is 0 Å². The lowest BCUT2D eigenvalue weighted by Crippen LogP contribution is -2.65. The highest BCUT2D eigenvalue weighted by Gasteiger charge is 2.86. The number of alkyl halides is 9. The van der Waals surface area contributed by atoms with Gasteiger partial charge in [0.2, 0.25) is 0 Å². The molecule has 0 amide bonds. The minimum atomic E-state index is -7.29. The van der Waals surface area contributed by atoms with Crippen LogP contribution in [0.25, 0.3) is 16.8 Å².